The average molecular weight is 209 g/mol. The summed E-state index contributed by atoms with van der Waals surface area (Å²) < 4.78 is 0. The predicted octanol–water partition coefficient (Wildman–Crippen LogP) is 3.21. The van der Waals surface area contributed by atoms with E-state index in [4.69, 9.17) is 0 Å². The van der Waals surface area contributed by atoms with Crippen LogP contribution in [0.25, 0.3) is 11.1 Å². The Hall–Kier alpha value is -1.44. The molecule has 0 spiro atoms. The van der Waals surface area contributed by atoms with Gasteiger partial charge in [-0.3, -0.25) is 0 Å². The molecule has 0 aromatic carbocycles. The predicted molar refractivity (Wildman–Crippen MR) is 69.8 cm³/mol. The zero-order valence-electron chi connectivity index (χ0n) is 9.90. The van der Waals surface area contributed by atoms with Gasteiger partial charge < -0.3 is 0 Å². The number of aromatic nitrogens is 1. The Kier molecular flexibility index (Phi) is 3.50. The van der Waals surface area contributed by atoms with E-state index < -0.39 is 0 Å². The Morgan fingerprint density at radius 3 is 2.69 bits per heavy atom. The molecule has 0 aliphatic rings. The first-order valence-corrected chi connectivity index (χ1v) is 5.88. The molecule has 0 fully saturated rings. The standard InChI is InChI=1S/C14H16BN/c1-3-12-13(7-8-15-14(12)4-2)11-6-5-9-16-10-11/h5-10H,3-4H2,1-2H3. The topological polar surface area (TPSA) is 12.9 Å². The minimum atomic E-state index is 1.08. The van der Waals surface area contributed by atoms with Crippen molar-refractivity contribution in [3.8, 4) is 11.1 Å². The second-order valence-electron chi connectivity index (χ2n) is 3.89. The number of rotatable bonds is 3. The van der Waals surface area contributed by atoms with Crippen LogP contribution in [0.1, 0.15) is 24.9 Å². The number of nitrogens with zero attached hydrogens (tertiary/aromatic N) is 1. The van der Waals surface area contributed by atoms with E-state index in [1.165, 1.54) is 22.1 Å². The molecule has 0 saturated carbocycles. The van der Waals surface area contributed by atoms with E-state index in [9.17, 15) is 0 Å². The summed E-state index contributed by atoms with van der Waals surface area (Å²) in [6.07, 6.45) is 5.93. The van der Waals surface area contributed by atoms with Crippen LogP contribution in [0.4, 0.5) is 0 Å². The van der Waals surface area contributed by atoms with Gasteiger partial charge >= 0.3 is 97.3 Å². The molecule has 0 N–H and O–H groups in total. The van der Waals surface area contributed by atoms with Crippen LogP contribution in [0.2, 0.25) is 0 Å². The summed E-state index contributed by atoms with van der Waals surface area (Å²) in [6, 6.07) is 6.31. The summed E-state index contributed by atoms with van der Waals surface area (Å²) in [5, 5.41) is 0. The Balaban J connectivity index is 2.57. The van der Waals surface area contributed by atoms with E-state index in [-0.39, 0.29) is 0 Å². The Bertz CT molecular complexity index is 465. The van der Waals surface area contributed by atoms with Gasteiger partial charge in [-0.25, -0.2) is 0 Å². The molecule has 1 nitrogen and oxygen atoms in total. The third kappa shape index (κ3) is 2.06. The number of hydrogen-bond donors (Lipinski definition) is 0. The normalized spacial score (nSPS) is 10.1. The van der Waals surface area contributed by atoms with Crippen molar-refractivity contribution in [3.05, 3.63) is 47.6 Å². The van der Waals surface area contributed by atoms with Crippen molar-refractivity contribution < 1.29 is 0 Å². The van der Waals surface area contributed by atoms with E-state index >= 15 is 0 Å². The molecule has 0 atom stereocenters. The van der Waals surface area contributed by atoms with Crippen LogP contribution >= 0.6 is 0 Å². The fourth-order valence-electron chi connectivity index (χ4n) is 2.18. The molecule has 0 saturated heterocycles. The quantitative estimate of drug-likeness (QED) is 0.756. The third-order valence-corrected chi connectivity index (χ3v) is 2.98. The van der Waals surface area contributed by atoms with Gasteiger partial charge in [-0.2, -0.15) is 0 Å². The van der Waals surface area contributed by atoms with E-state index in [0.29, 0.717) is 0 Å². The van der Waals surface area contributed by atoms with Gasteiger partial charge in [0.15, 0.2) is 0 Å². The second-order valence-corrected chi connectivity index (χ2v) is 3.89. The molecule has 0 amide bonds. The van der Waals surface area contributed by atoms with Crippen LogP contribution in [0.3, 0.4) is 0 Å². The SMILES string of the molecule is CCc1bccc(-c2cccnc2)c1CC. The zero-order chi connectivity index (χ0) is 11.4. The van der Waals surface area contributed by atoms with Gasteiger partial charge in [-0.1, -0.05) is 0 Å². The molecule has 80 valence electrons. The Morgan fingerprint density at radius 1 is 1.19 bits per heavy atom. The van der Waals surface area contributed by atoms with Gasteiger partial charge in [0.25, 0.3) is 0 Å². The first kappa shape index (κ1) is 11.1. The maximum atomic E-state index is 4.19. The van der Waals surface area contributed by atoms with E-state index in [1.54, 1.807) is 0 Å². The van der Waals surface area contributed by atoms with Gasteiger partial charge in [0.1, 0.15) is 0 Å². The average Bonchev–Trinajstić information content (AvgIpc) is 2.38. The van der Waals surface area contributed by atoms with Gasteiger partial charge in [0.2, 0.25) is 0 Å². The van der Waals surface area contributed by atoms with Crippen LogP contribution in [0.15, 0.2) is 36.6 Å². The molecule has 2 heterocycles. The molecule has 0 bridgehead atoms. The minimum absolute atomic E-state index is 1.08. The van der Waals surface area contributed by atoms with Crippen LogP contribution < -0.4 is 0 Å². The molecule has 0 unspecified atom stereocenters. The molecule has 16 heavy (non-hydrogen) atoms. The Morgan fingerprint density at radius 2 is 2.06 bits per heavy atom. The van der Waals surface area contributed by atoms with Crippen molar-refractivity contribution in [2.45, 2.75) is 26.7 Å². The van der Waals surface area contributed by atoms with E-state index in [2.05, 4.69) is 43.8 Å². The number of hydrogen-bond acceptors (Lipinski definition) is 1. The fraction of sp³-hybridized carbons (Fsp3) is 0.286. The Labute approximate surface area is 97.8 Å². The van der Waals surface area contributed by atoms with Crippen molar-refractivity contribution in [3.63, 3.8) is 0 Å². The summed E-state index contributed by atoms with van der Waals surface area (Å²) in [5.41, 5.74) is 5.45. The van der Waals surface area contributed by atoms with Crippen molar-refractivity contribution >= 4 is 6.91 Å². The summed E-state index contributed by atoms with van der Waals surface area (Å²) in [6.45, 7) is 6.65. The first-order chi connectivity index (χ1) is 7.86. The molecule has 2 aromatic heterocycles. The molecule has 2 aromatic rings. The second kappa shape index (κ2) is 5.06. The van der Waals surface area contributed by atoms with E-state index in [0.717, 1.165) is 12.8 Å². The molecule has 2 heteroatoms. The van der Waals surface area contributed by atoms with Crippen LogP contribution in [0, 0.1) is 0 Å². The molecule has 0 aliphatic heterocycles. The summed E-state index contributed by atoms with van der Waals surface area (Å²) >= 11 is 0. The number of aryl methyl sites for hydroxylation is 1. The van der Waals surface area contributed by atoms with Crippen molar-refractivity contribution in [1.82, 2.24) is 4.98 Å². The maximum absolute atomic E-state index is 4.19. The molecule has 0 radical (unpaired) electrons. The van der Waals surface area contributed by atoms with Gasteiger partial charge in [0.05, 0.1) is 0 Å². The third-order valence-electron chi connectivity index (χ3n) is 2.98. The molecule has 0 aliphatic carbocycles. The monoisotopic (exact) mass is 209 g/mol. The van der Waals surface area contributed by atoms with E-state index in [1.807, 2.05) is 18.5 Å². The molecular weight excluding hydrogens is 193 g/mol. The van der Waals surface area contributed by atoms with Crippen LogP contribution in [-0.2, 0) is 12.8 Å². The summed E-state index contributed by atoms with van der Waals surface area (Å²) in [4.78, 5) is 4.19. The zero-order valence-corrected chi connectivity index (χ0v) is 9.90. The molecular formula is C14H16BN. The van der Waals surface area contributed by atoms with Crippen molar-refractivity contribution in [1.29, 1.82) is 0 Å². The van der Waals surface area contributed by atoms with Crippen LogP contribution in [-0.4, -0.2) is 11.9 Å². The van der Waals surface area contributed by atoms with Gasteiger partial charge in [-0.15, -0.1) is 0 Å². The molecule has 2 rings (SSSR count). The number of pyridine rings is 1. The summed E-state index contributed by atoms with van der Waals surface area (Å²) in [5.74, 6) is 2.14. The van der Waals surface area contributed by atoms with Gasteiger partial charge in [0, 0.05) is 0 Å². The van der Waals surface area contributed by atoms with Gasteiger partial charge in [-0.05, 0) is 0 Å². The van der Waals surface area contributed by atoms with Crippen LogP contribution in [0.5, 0.6) is 0 Å². The van der Waals surface area contributed by atoms with Crippen molar-refractivity contribution in [2.75, 3.05) is 0 Å². The first-order valence-electron chi connectivity index (χ1n) is 5.88. The fourth-order valence-corrected chi connectivity index (χ4v) is 2.18. The van der Waals surface area contributed by atoms with Crippen molar-refractivity contribution in [2.24, 2.45) is 0 Å². The summed E-state index contributed by atoms with van der Waals surface area (Å²) in [7, 11) is 0.